The van der Waals surface area contributed by atoms with Crippen molar-refractivity contribution < 1.29 is 18.4 Å². The molecule has 6 heteroatoms. The van der Waals surface area contributed by atoms with Crippen LogP contribution in [0, 0.1) is 23.0 Å². The van der Waals surface area contributed by atoms with Crippen molar-refractivity contribution in [3.63, 3.8) is 0 Å². The van der Waals surface area contributed by atoms with Crippen LogP contribution in [0.2, 0.25) is 0 Å². The molecule has 0 radical (unpaired) electrons. The van der Waals surface area contributed by atoms with Gasteiger partial charge in [0.1, 0.15) is 0 Å². The number of amides is 2. The quantitative estimate of drug-likeness (QED) is 0.841. The molecule has 136 valence electrons. The lowest BCUT2D eigenvalue weighted by atomic mass is 9.78. The number of carbonyl (C=O) groups excluding carboxylic acids is 2. The summed E-state index contributed by atoms with van der Waals surface area (Å²) in [6, 6.07) is 3.75. The summed E-state index contributed by atoms with van der Waals surface area (Å²) in [6.45, 7) is 5.70. The SMILES string of the molecule is CC(C)C(=O)N1CCC2(CCCN(Cc3ccc(F)c(F)c3)C2=O)C1. The van der Waals surface area contributed by atoms with E-state index in [1.54, 1.807) is 9.80 Å². The minimum absolute atomic E-state index is 0.0301. The third-order valence-electron chi connectivity index (χ3n) is 5.34. The molecule has 1 aromatic rings. The minimum Gasteiger partial charge on any atom is -0.341 e. The Labute approximate surface area is 146 Å². The van der Waals surface area contributed by atoms with Gasteiger partial charge >= 0.3 is 0 Å². The number of hydrogen-bond acceptors (Lipinski definition) is 2. The molecule has 25 heavy (non-hydrogen) atoms. The predicted octanol–water partition coefficient (Wildman–Crippen LogP) is 2.96. The first-order chi connectivity index (χ1) is 11.8. The summed E-state index contributed by atoms with van der Waals surface area (Å²) >= 11 is 0. The van der Waals surface area contributed by atoms with Crippen molar-refractivity contribution in [1.82, 2.24) is 9.80 Å². The second kappa shape index (κ2) is 6.73. The lowest BCUT2D eigenvalue weighted by molar-refractivity contribution is -0.147. The van der Waals surface area contributed by atoms with Gasteiger partial charge in [-0.15, -0.1) is 0 Å². The summed E-state index contributed by atoms with van der Waals surface area (Å²) in [7, 11) is 0. The van der Waals surface area contributed by atoms with E-state index < -0.39 is 17.0 Å². The Kier molecular flexibility index (Phi) is 4.80. The number of rotatable bonds is 3. The molecule has 0 N–H and O–H groups in total. The van der Waals surface area contributed by atoms with E-state index >= 15 is 0 Å². The van der Waals surface area contributed by atoms with Crippen molar-refractivity contribution in [2.24, 2.45) is 11.3 Å². The molecular weight excluding hydrogens is 326 g/mol. The third kappa shape index (κ3) is 3.39. The highest BCUT2D eigenvalue weighted by atomic mass is 19.2. The molecule has 2 aliphatic rings. The number of hydrogen-bond donors (Lipinski definition) is 0. The van der Waals surface area contributed by atoms with E-state index in [2.05, 4.69) is 0 Å². The summed E-state index contributed by atoms with van der Waals surface area (Å²) in [5.74, 6) is -1.74. The monoisotopic (exact) mass is 350 g/mol. The van der Waals surface area contributed by atoms with Crippen LogP contribution in [0.25, 0.3) is 0 Å². The molecule has 2 amide bonds. The van der Waals surface area contributed by atoms with Gasteiger partial charge in [-0.2, -0.15) is 0 Å². The van der Waals surface area contributed by atoms with Crippen molar-refractivity contribution in [2.75, 3.05) is 19.6 Å². The van der Waals surface area contributed by atoms with Crippen molar-refractivity contribution >= 4 is 11.8 Å². The highest BCUT2D eigenvalue weighted by Crippen LogP contribution is 2.40. The van der Waals surface area contributed by atoms with E-state index in [4.69, 9.17) is 0 Å². The van der Waals surface area contributed by atoms with Crippen LogP contribution >= 0.6 is 0 Å². The first-order valence-electron chi connectivity index (χ1n) is 8.84. The number of nitrogens with zero attached hydrogens (tertiary/aromatic N) is 2. The summed E-state index contributed by atoms with van der Waals surface area (Å²) in [5, 5.41) is 0. The molecule has 2 saturated heterocycles. The topological polar surface area (TPSA) is 40.6 Å². The van der Waals surface area contributed by atoms with Crippen molar-refractivity contribution in [2.45, 2.75) is 39.7 Å². The lowest BCUT2D eigenvalue weighted by Crippen LogP contribution is -2.50. The van der Waals surface area contributed by atoms with E-state index in [-0.39, 0.29) is 24.3 Å². The maximum Gasteiger partial charge on any atom is 0.230 e. The fourth-order valence-corrected chi connectivity index (χ4v) is 3.97. The Morgan fingerprint density at radius 3 is 2.64 bits per heavy atom. The Balaban J connectivity index is 1.73. The normalized spacial score (nSPS) is 23.8. The fourth-order valence-electron chi connectivity index (χ4n) is 3.97. The number of benzene rings is 1. The summed E-state index contributed by atoms with van der Waals surface area (Å²) in [6.07, 6.45) is 2.32. The molecular formula is C19H24F2N2O2. The first-order valence-corrected chi connectivity index (χ1v) is 8.84. The van der Waals surface area contributed by atoms with Crippen LogP contribution in [-0.4, -0.2) is 41.2 Å². The maximum absolute atomic E-state index is 13.4. The number of likely N-dealkylation sites (tertiary alicyclic amines) is 2. The smallest absolute Gasteiger partial charge is 0.230 e. The summed E-state index contributed by atoms with van der Waals surface area (Å²) in [4.78, 5) is 28.8. The van der Waals surface area contributed by atoms with Gasteiger partial charge in [-0.3, -0.25) is 9.59 Å². The van der Waals surface area contributed by atoms with Gasteiger partial charge in [-0.25, -0.2) is 8.78 Å². The Bertz CT molecular complexity index is 692. The molecule has 0 bridgehead atoms. The molecule has 1 atom stereocenters. The fraction of sp³-hybridized carbons (Fsp3) is 0.579. The second-order valence-electron chi connectivity index (χ2n) is 7.52. The van der Waals surface area contributed by atoms with E-state index in [1.807, 2.05) is 13.8 Å². The molecule has 0 aromatic heterocycles. The molecule has 2 heterocycles. The Morgan fingerprint density at radius 1 is 1.20 bits per heavy atom. The van der Waals surface area contributed by atoms with Crippen LogP contribution in [0.5, 0.6) is 0 Å². The van der Waals surface area contributed by atoms with Crippen LogP contribution in [0.15, 0.2) is 18.2 Å². The molecule has 4 nitrogen and oxygen atoms in total. The standard InChI is InChI=1S/C19H24F2N2O2/c1-13(2)17(24)23-9-7-19(12-23)6-3-8-22(18(19)25)11-14-4-5-15(20)16(21)10-14/h4-5,10,13H,3,6-9,11-12H2,1-2H3. The summed E-state index contributed by atoms with van der Waals surface area (Å²) < 4.78 is 26.5. The second-order valence-corrected chi connectivity index (χ2v) is 7.52. The third-order valence-corrected chi connectivity index (χ3v) is 5.34. The highest BCUT2D eigenvalue weighted by Gasteiger charge is 2.49. The van der Waals surface area contributed by atoms with Crippen LogP contribution in [0.4, 0.5) is 8.78 Å². The Morgan fingerprint density at radius 2 is 1.96 bits per heavy atom. The van der Waals surface area contributed by atoms with Crippen LogP contribution in [0.3, 0.4) is 0 Å². The van der Waals surface area contributed by atoms with Crippen LogP contribution in [0.1, 0.15) is 38.7 Å². The average molecular weight is 350 g/mol. The van der Waals surface area contributed by atoms with Gasteiger partial charge in [0.15, 0.2) is 11.6 Å². The minimum atomic E-state index is -0.897. The first kappa shape index (κ1) is 17.8. The van der Waals surface area contributed by atoms with Crippen molar-refractivity contribution in [3.05, 3.63) is 35.4 Å². The number of carbonyl (C=O) groups is 2. The van der Waals surface area contributed by atoms with Crippen LogP contribution in [-0.2, 0) is 16.1 Å². The Hall–Kier alpha value is -1.98. The van der Waals surface area contributed by atoms with Crippen molar-refractivity contribution in [1.29, 1.82) is 0 Å². The average Bonchev–Trinajstić information content (AvgIpc) is 2.99. The van der Waals surface area contributed by atoms with Gasteiger partial charge in [0, 0.05) is 32.1 Å². The molecule has 2 fully saturated rings. The molecule has 0 saturated carbocycles. The van der Waals surface area contributed by atoms with E-state index in [0.717, 1.165) is 25.0 Å². The zero-order chi connectivity index (χ0) is 18.2. The van der Waals surface area contributed by atoms with Gasteiger partial charge < -0.3 is 9.80 Å². The maximum atomic E-state index is 13.4. The molecule has 1 unspecified atom stereocenters. The highest BCUT2D eigenvalue weighted by molar-refractivity contribution is 5.86. The van der Waals surface area contributed by atoms with Gasteiger partial charge in [-0.1, -0.05) is 19.9 Å². The van der Waals surface area contributed by atoms with Gasteiger partial charge in [0.05, 0.1) is 5.41 Å². The largest absolute Gasteiger partial charge is 0.341 e. The number of halogens is 2. The van der Waals surface area contributed by atoms with Crippen LogP contribution < -0.4 is 0 Å². The van der Waals surface area contributed by atoms with E-state index in [0.29, 0.717) is 31.6 Å². The zero-order valence-electron chi connectivity index (χ0n) is 14.7. The van der Waals surface area contributed by atoms with Crippen molar-refractivity contribution in [3.8, 4) is 0 Å². The molecule has 0 aliphatic carbocycles. The summed E-state index contributed by atoms with van der Waals surface area (Å²) in [5.41, 5.74) is 0.0684. The molecule has 1 aromatic carbocycles. The van der Waals surface area contributed by atoms with Gasteiger partial charge in [0.2, 0.25) is 11.8 Å². The number of piperidine rings is 1. The van der Waals surface area contributed by atoms with Gasteiger partial charge in [-0.05, 0) is 37.0 Å². The zero-order valence-corrected chi connectivity index (χ0v) is 14.7. The van der Waals surface area contributed by atoms with E-state index in [1.165, 1.54) is 6.07 Å². The molecule has 1 spiro atoms. The molecule has 2 aliphatic heterocycles. The lowest BCUT2D eigenvalue weighted by Gasteiger charge is -2.39. The predicted molar refractivity (Wildman–Crippen MR) is 89.5 cm³/mol. The molecule has 3 rings (SSSR count). The van der Waals surface area contributed by atoms with Gasteiger partial charge in [0.25, 0.3) is 0 Å². The van der Waals surface area contributed by atoms with E-state index in [9.17, 15) is 18.4 Å².